The lowest BCUT2D eigenvalue weighted by Crippen LogP contribution is -2.24. The minimum Gasteiger partial charge on any atom is -0.494 e. The van der Waals surface area contributed by atoms with Crippen molar-refractivity contribution in [1.29, 1.82) is 0 Å². The van der Waals surface area contributed by atoms with E-state index in [1.165, 1.54) is 38.9 Å². The molecule has 2 aliphatic rings. The van der Waals surface area contributed by atoms with Gasteiger partial charge in [0, 0.05) is 19.6 Å². The molecule has 98 valence electrons. The van der Waals surface area contributed by atoms with Gasteiger partial charge < -0.3 is 9.64 Å². The first kappa shape index (κ1) is 12.0. The Kier molecular flexibility index (Phi) is 3.84. The van der Waals surface area contributed by atoms with Crippen molar-refractivity contribution in [3.63, 3.8) is 0 Å². The molecular formula is C16H23NO. The first-order valence-corrected chi connectivity index (χ1v) is 7.32. The largest absolute Gasteiger partial charge is 0.494 e. The van der Waals surface area contributed by atoms with Crippen LogP contribution in [0.4, 0.5) is 0 Å². The Bertz CT molecular complexity index is 353. The zero-order valence-electron chi connectivity index (χ0n) is 11.1. The van der Waals surface area contributed by atoms with Gasteiger partial charge in [0.25, 0.3) is 0 Å². The van der Waals surface area contributed by atoms with E-state index in [-0.39, 0.29) is 0 Å². The second-order valence-corrected chi connectivity index (χ2v) is 5.73. The minimum atomic E-state index is 0.843. The van der Waals surface area contributed by atoms with E-state index in [1.54, 1.807) is 0 Å². The third kappa shape index (κ3) is 2.86. The summed E-state index contributed by atoms with van der Waals surface area (Å²) in [6, 6.07) is 10.1. The number of para-hydroxylation sites is 1. The highest BCUT2D eigenvalue weighted by Crippen LogP contribution is 2.37. The van der Waals surface area contributed by atoms with Gasteiger partial charge in [0.1, 0.15) is 5.75 Å². The summed E-state index contributed by atoms with van der Waals surface area (Å²) < 4.78 is 5.73. The molecule has 0 bridgehead atoms. The topological polar surface area (TPSA) is 12.5 Å². The Balaban J connectivity index is 1.34. The highest BCUT2D eigenvalue weighted by Gasteiger charge is 2.35. The average molecular weight is 245 g/mol. The van der Waals surface area contributed by atoms with Crippen molar-refractivity contribution in [3.05, 3.63) is 30.3 Å². The maximum absolute atomic E-state index is 5.73. The van der Waals surface area contributed by atoms with E-state index in [1.807, 2.05) is 30.3 Å². The summed E-state index contributed by atoms with van der Waals surface area (Å²) in [6.07, 6.45) is 5.57. The van der Waals surface area contributed by atoms with Crippen LogP contribution in [0.3, 0.4) is 0 Å². The van der Waals surface area contributed by atoms with E-state index in [9.17, 15) is 0 Å². The molecule has 1 saturated heterocycles. The summed E-state index contributed by atoms with van der Waals surface area (Å²) in [5.74, 6) is 3.02. The van der Waals surface area contributed by atoms with Crippen molar-refractivity contribution in [1.82, 2.24) is 4.90 Å². The fourth-order valence-electron chi connectivity index (χ4n) is 3.51. The van der Waals surface area contributed by atoms with Crippen LogP contribution in [0.2, 0.25) is 0 Å². The summed E-state index contributed by atoms with van der Waals surface area (Å²) in [5.41, 5.74) is 0. The average Bonchev–Trinajstić information content (AvgIpc) is 2.96. The van der Waals surface area contributed by atoms with Gasteiger partial charge in [0.15, 0.2) is 0 Å². The van der Waals surface area contributed by atoms with Gasteiger partial charge in [0.2, 0.25) is 0 Å². The van der Waals surface area contributed by atoms with E-state index in [2.05, 4.69) is 4.90 Å². The van der Waals surface area contributed by atoms with Crippen molar-refractivity contribution in [2.45, 2.75) is 25.7 Å². The van der Waals surface area contributed by atoms with Gasteiger partial charge >= 0.3 is 0 Å². The second-order valence-electron chi connectivity index (χ2n) is 5.73. The number of fused-ring (bicyclic) bond motifs is 1. The molecule has 2 fully saturated rings. The van der Waals surface area contributed by atoms with Crippen molar-refractivity contribution in [2.24, 2.45) is 11.8 Å². The highest BCUT2D eigenvalue weighted by atomic mass is 16.5. The minimum absolute atomic E-state index is 0.843. The molecule has 0 N–H and O–H groups in total. The standard InChI is InChI=1S/C16H23NO/c1-2-8-16(9-3-1)18-11-5-10-17-12-14-6-4-7-15(14)13-17/h1-3,8-9,14-15H,4-7,10-13H2. The quantitative estimate of drug-likeness (QED) is 0.739. The van der Waals surface area contributed by atoms with E-state index in [0.29, 0.717) is 0 Å². The molecule has 1 aliphatic carbocycles. The van der Waals surface area contributed by atoms with Crippen LogP contribution in [0.5, 0.6) is 5.75 Å². The van der Waals surface area contributed by atoms with Crippen molar-refractivity contribution < 1.29 is 4.74 Å². The van der Waals surface area contributed by atoms with Crippen LogP contribution in [-0.4, -0.2) is 31.1 Å². The molecule has 2 nitrogen and oxygen atoms in total. The Morgan fingerprint density at radius 1 is 1.06 bits per heavy atom. The smallest absolute Gasteiger partial charge is 0.119 e. The molecule has 0 radical (unpaired) electrons. The molecule has 0 amide bonds. The molecule has 1 saturated carbocycles. The zero-order chi connectivity index (χ0) is 12.2. The molecular weight excluding hydrogens is 222 g/mol. The van der Waals surface area contributed by atoms with Gasteiger partial charge in [-0.05, 0) is 43.2 Å². The summed E-state index contributed by atoms with van der Waals surface area (Å²) in [7, 11) is 0. The third-order valence-electron chi connectivity index (χ3n) is 4.43. The zero-order valence-corrected chi connectivity index (χ0v) is 11.1. The van der Waals surface area contributed by atoms with E-state index >= 15 is 0 Å². The Labute approximate surface area is 110 Å². The summed E-state index contributed by atoms with van der Waals surface area (Å²) in [4.78, 5) is 2.64. The lowest BCUT2D eigenvalue weighted by molar-refractivity contribution is 0.253. The maximum Gasteiger partial charge on any atom is 0.119 e. The SMILES string of the molecule is c1ccc(OCCCN2CC3CCCC3C2)cc1. The number of hydrogen-bond donors (Lipinski definition) is 0. The first-order valence-electron chi connectivity index (χ1n) is 7.32. The molecule has 1 heterocycles. The number of rotatable bonds is 5. The molecule has 18 heavy (non-hydrogen) atoms. The molecule has 1 aromatic carbocycles. The predicted molar refractivity (Wildman–Crippen MR) is 73.8 cm³/mol. The molecule has 3 rings (SSSR count). The fourth-order valence-corrected chi connectivity index (χ4v) is 3.51. The Morgan fingerprint density at radius 2 is 1.78 bits per heavy atom. The second kappa shape index (κ2) is 5.75. The number of hydrogen-bond acceptors (Lipinski definition) is 2. The van der Waals surface area contributed by atoms with Gasteiger partial charge in [-0.3, -0.25) is 0 Å². The summed E-state index contributed by atoms with van der Waals surface area (Å²) in [5, 5.41) is 0. The van der Waals surface area contributed by atoms with Gasteiger partial charge in [0.05, 0.1) is 6.61 Å². The first-order chi connectivity index (χ1) is 8.92. The highest BCUT2D eigenvalue weighted by molar-refractivity contribution is 5.20. The van der Waals surface area contributed by atoms with Crippen LogP contribution in [0.25, 0.3) is 0 Å². The van der Waals surface area contributed by atoms with Gasteiger partial charge in [-0.25, -0.2) is 0 Å². The van der Waals surface area contributed by atoms with Crippen LogP contribution in [0.15, 0.2) is 30.3 Å². The molecule has 2 atom stereocenters. The number of benzene rings is 1. The predicted octanol–water partition coefficient (Wildman–Crippen LogP) is 3.19. The van der Waals surface area contributed by atoms with E-state index < -0.39 is 0 Å². The van der Waals surface area contributed by atoms with Crippen molar-refractivity contribution in [3.8, 4) is 5.75 Å². The monoisotopic (exact) mass is 245 g/mol. The summed E-state index contributed by atoms with van der Waals surface area (Å²) in [6.45, 7) is 4.74. The Morgan fingerprint density at radius 3 is 2.50 bits per heavy atom. The third-order valence-corrected chi connectivity index (χ3v) is 4.43. The van der Waals surface area contributed by atoms with Gasteiger partial charge in [-0.1, -0.05) is 24.6 Å². The molecule has 2 unspecified atom stereocenters. The molecule has 0 spiro atoms. The van der Waals surface area contributed by atoms with Crippen LogP contribution in [0, 0.1) is 11.8 Å². The number of likely N-dealkylation sites (tertiary alicyclic amines) is 1. The van der Waals surface area contributed by atoms with Crippen LogP contribution in [-0.2, 0) is 0 Å². The normalized spacial score (nSPS) is 27.3. The van der Waals surface area contributed by atoms with Crippen LogP contribution in [0.1, 0.15) is 25.7 Å². The van der Waals surface area contributed by atoms with Crippen LogP contribution < -0.4 is 4.74 Å². The van der Waals surface area contributed by atoms with Crippen molar-refractivity contribution in [2.75, 3.05) is 26.2 Å². The molecule has 0 aromatic heterocycles. The fraction of sp³-hybridized carbons (Fsp3) is 0.625. The number of ether oxygens (including phenoxy) is 1. The maximum atomic E-state index is 5.73. The molecule has 1 aliphatic heterocycles. The van der Waals surface area contributed by atoms with E-state index in [0.717, 1.165) is 30.6 Å². The van der Waals surface area contributed by atoms with Gasteiger partial charge in [-0.15, -0.1) is 0 Å². The summed E-state index contributed by atoms with van der Waals surface area (Å²) >= 11 is 0. The lowest BCUT2D eigenvalue weighted by atomic mass is 10.0. The number of nitrogens with zero attached hydrogens (tertiary/aromatic N) is 1. The van der Waals surface area contributed by atoms with Gasteiger partial charge in [-0.2, -0.15) is 0 Å². The lowest BCUT2D eigenvalue weighted by Gasteiger charge is -2.16. The van der Waals surface area contributed by atoms with Crippen LogP contribution >= 0.6 is 0 Å². The molecule has 2 heteroatoms. The van der Waals surface area contributed by atoms with E-state index in [4.69, 9.17) is 4.74 Å². The molecule has 1 aromatic rings. The van der Waals surface area contributed by atoms with Crippen molar-refractivity contribution >= 4 is 0 Å². The Hall–Kier alpha value is -1.02.